The zero-order chi connectivity index (χ0) is 38.2. The van der Waals surface area contributed by atoms with E-state index in [4.69, 9.17) is 0 Å². The van der Waals surface area contributed by atoms with Crippen molar-refractivity contribution in [2.75, 3.05) is 0 Å². The van der Waals surface area contributed by atoms with Crippen LogP contribution in [0, 0.1) is 0 Å². The van der Waals surface area contributed by atoms with Crippen molar-refractivity contribution in [3.05, 3.63) is 218 Å². The van der Waals surface area contributed by atoms with E-state index in [9.17, 15) is 0 Å². The summed E-state index contributed by atoms with van der Waals surface area (Å²) < 4.78 is 7.64. The highest BCUT2D eigenvalue weighted by atomic mass is 32.1. The summed E-state index contributed by atoms with van der Waals surface area (Å²) in [5, 5.41) is 13.1. The van der Waals surface area contributed by atoms with E-state index in [-0.39, 0.29) is 0 Å². The summed E-state index contributed by atoms with van der Waals surface area (Å²) >= 11 is 1.87. The van der Waals surface area contributed by atoms with Gasteiger partial charge in [-0.1, -0.05) is 164 Å². The predicted molar refractivity (Wildman–Crippen MR) is 252 cm³/mol. The van der Waals surface area contributed by atoms with E-state index in [1.165, 1.54) is 90.2 Å². The van der Waals surface area contributed by atoms with E-state index in [1.54, 1.807) is 0 Å². The first kappa shape index (κ1) is 33.2. The summed E-state index contributed by atoms with van der Waals surface area (Å²) in [4.78, 5) is 0. The number of fused-ring (bicyclic) bond motifs is 10. The normalized spacial score (nSPS) is 12.1. The highest BCUT2D eigenvalue weighted by Crippen LogP contribution is 2.43. The zero-order valence-electron chi connectivity index (χ0n) is 31.6. The molecule has 0 aliphatic carbocycles. The summed E-state index contributed by atoms with van der Waals surface area (Å²) in [7, 11) is -2.82. The lowest BCUT2D eigenvalue weighted by Gasteiger charge is -2.34. The lowest BCUT2D eigenvalue weighted by Crippen LogP contribution is -2.74. The van der Waals surface area contributed by atoms with Gasteiger partial charge in [0.1, 0.15) is 0 Å². The standard InChI is InChI=1S/C54H36N2SSi/c1-5-17-37(18-6-1)56-48-27-15-13-25-43(48)45-31-33-50-53(54(45)56)47-36-42(30-32-49(47)55(50)38-29-34-52-46(35-38)44-26-14-16-28-51(44)57-52)58(39-19-7-2-8-20-39,40-21-9-3-10-22-40)41-23-11-4-12-24-41/h1-36H. The second-order valence-corrected chi connectivity index (χ2v) is 20.1. The van der Waals surface area contributed by atoms with Crippen molar-refractivity contribution < 1.29 is 0 Å². The molecule has 0 fully saturated rings. The van der Waals surface area contributed by atoms with E-state index in [0.29, 0.717) is 0 Å². The van der Waals surface area contributed by atoms with Gasteiger partial charge in [-0.25, -0.2) is 0 Å². The number of aromatic nitrogens is 2. The molecule has 12 rings (SSSR count). The second-order valence-electron chi connectivity index (χ2n) is 15.2. The van der Waals surface area contributed by atoms with Crippen LogP contribution in [0.5, 0.6) is 0 Å². The molecular weight excluding hydrogens is 737 g/mol. The lowest BCUT2D eigenvalue weighted by molar-refractivity contribution is 1.18. The van der Waals surface area contributed by atoms with Gasteiger partial charge in [0.05, 0.1) is 22.1 Å². The van der Waals surface area contributed by atoms with Crippen molar-refractivity contribution in [2.24, 2.45) is 0 Å². The molecule has 0 radical (unpaired) electrons. The molecule has 0 bridgehead atoms. The third-order valence-corrected chi connectivity index (χ3v) is 18.2. The maximum atomic E-state index is 2.57. The van der Waals surface area contributed by atoms with Crippen LogP contribution in [0.25, 0.3) is 75.2 Å². The Bertz CT molecular complexity index is 3400. The van der Waals surface area contributed by atoms with Gasteiger partial charge < -0.3 is 9.13 Å². The first-order chi connectivity index (χ1) is 28.8. The smallest absolute Gasteiger partial charge is 0.179 e. The monoisotopic (exact) mass is 772 g/mol. The molecule has 0 N–H and O–H groups in total. The number of nitrogens with zero attached hydrogens (tertiary/aromatic N) is 2. The first-order valence-electron chi connectivity index (χ1n) is 19.9. The largest absolute Gasteiger partial charge is 0.309 e. The Hall–Kier alpha value is -6.98. The number of thiophene rings is 1. The molecular formula is C54H36N2SSi. The first-order valence-corrected chi connectivity index (χ1v) is 22.8. The van der Waals surface area contributed by atoms with E-state index in [0.717, 1.165) is 5.69 Å². The maximum Gasteiger partial charge on any atom is 0.179 e. The Morgan fingerprint density at radius 3 is 1.55 bits per heavy atom. The molecule has 0 spiro atoms. The van der Waals surface area contributed by atoms with Gasteiger partial charge in [0.2, 0.25) is 0 Å². The second kappa shape index (κ2) is 13.0. The average molecular weight is 773 g/mol. The molecule has 0 amide bonds. The summed E-state index contributed by atoms with van der Waals surface area (Å²) in [5.74, 6) is 0. The summed E-state index contributed by atoms with van der Waals surface area (Å²) in [6.45, 7) is 0. The molecule has 12 aromatic rings. The molecule has 58 heavy (non-hydrogen) atoms. The number of para-hydroxylation sites is 2. The van der Waals surface area contributed by atoms with Crippen molar-refractivity contribution >= 4 is 104 Å². The van der Waals surface area contributed by atoms with Crippen LogP contribution in [0.4, 0.5) is 0 Å². The van der Waals surface area contributed by atoms with Gasteiger partial charge in [-0.2, -0.15) is 0 Å². The van der Waals surface area contributed by atoms with Crippen LogP contribution in [0.1, 0.15) is 0 Å². The van der Waals surface area contributed by atoms with Crippen LogP contribution in [0.3, 0.4) is 0 Å². The molecule has 0 aliphatic rings. The Balaban J connectivity index is 1.27. The van der Waals surface area contributed by atoms with Gasteiger partial charge >= 0.3 is 0 Å². The van der Waals surface area contributed by atoms with E-state index in [1.807, 2.05) is 11.3 Å². The fourth-order valence-electron chi connectivity index (χ4n) is 9.83. The molecule has 0 saturated carbocycles. The van der Waals surface area contributed by atoms with Crippen LogP contribution in [-0.4, -0.2) is 17.2 Å². The van der Waals surface area contributed by atoms with Crippen molar-refractivity contribution in [1.82, 2.24) is 9.13 Å². The van der Waals surface area contributed by atoms with E-state index < -0.39 is 8.07 Å². The Labute approximate surface area is 341 Å². The minimum atomic E-state index is -2.82. The number of hydrogen-bond donors (Lipinski definition) is 0. The topological polar surface area (TPSA) is 9.86 Å². The molecule has 0 unspecified atom stereocenters. The maximum absolute atomic E-state index is 2.82. The fourth-order valence-corrected chi connectivity index (χ4v) is 15.7. The van der Waals surface area contributed by atoms with Crippen LogP contribution < -0.4 is 20.7 Å². The summed E-state index contributed by atoms with van der Waals surface area (Å²) in [6, 6.07) is 81.6. The predicted octanol–water partition coefficient (Wildman–Crippen LogP) is 11.6. The highest BCUT2D eigenvalue weighted by molar-refractivity contribution is 7.25. The van der Waals surface area contributed by atoms with Gasteiger partial charge in [0, 0.05) is 53.1 Å². The van der Waals surface area contributed by atoms with Crippen molar-refractivity contribution in [1.29, 1.82) is 0 Å². The number of rotatable bonds is 6. The van der Waals surface area contributed by atoms with Gasteiger partial charge in [0.15, 0.2) is 8.07 Å². The van der Waals surface area contributed by atoms with Gasteiger partial charge in [-0.3, -0.25) is 0 Å². The van der Waals surface area contributed by atoms with Gasteiger partial charge in [0.25, 0.3) is 0 Å². The van der Waals surface area contributed by atoms with Crippen molar-refractivity contribution in [3.63, 3.8) is 0 Å². The molecule has 4 heteroatoms. The quantitative estimate of drug-likeness (QED) is 0.118. The van der Waals surface area contributed by atoms with Crippen LogP contribution in [-0.2, 0) is 0 Å². The summed E-state index contributed by atoms with van der Waals surface area (Å²) in [6.07, 6.45) is 0. The SMILES string of the molecule is c1ccc(-n2c3ccccc3c3ccc4c(c5cc([Si](c6ccccc6)(c6ccccc6)c6ccccc6)ccc5n4-c4ccc5sc6ccccc6c5c4)c32)cc1. The number of benzene rings is 9. The van der Waals surface area contributed by atoms with Crippen molar-refractivity contribution in [2.45, 2.75) is 0 Å². The Morgan fingerprint density at radius 1 is 0.310 bits per heavy atom. The third-order valence-electron chi connectivity index (χ3n) is 12.2. The lowest BCUT2D eigenvalue weighted by atomic mass is 10.1. The van der Waals surface area contributed by atoms with E-state index in [2.05, 4.69) is 228 Å². The fraction of sp³-hybridized carbons (Fsp3) is 0. The molecule has 0 atom stereocenters. The molecule has 3 heterocycles. The van der Waals surface area contributed by atoms with Gasteiger partial charge in [-0.05, 0) is 75.3 Å². The molecule has 9 aromatic carbocycles. The van der Waals surface area contributed by atoms with Crippen LogP contribution in [0.15, 0.2) is 218 Å². The van der Waals surface area contributed by atoms with Crippen LogP contribution in [0.2, 0.25) is 0 Å². The van der Waals surface area contributed by atoms with Crippen LogP contribution >= 0.6 is 11.3 Å². The zero-order valence-corrected chi connectivity index (χ0v) is 33.4. The molecule has 0 aliphatic heterocycles. The number of hydrogen-bond acceptors (Lipinski definition) is 1. The average Bonchev–Trinajstić information content (AvgIpc) is 3.95. The molecule has 2 nitrogen and oxygen atoms in total. The summed E-state index contributed by atoms with van der Waals surface area (Å²) in [5.41, 5.74) is 7.17. The molecule has 272 valence electrons. The third kappa shape index (κ3) is 4.76. The Kier molecular flexibility index (Phi) is 7.46. The molecule has 0 saturated heterocycles. The molecule has 3 aromatic heterocycles. The van der Waals surface area contributed by atoms with Gasteiger partial charge in [-0.15, -0.1) is 11.3 Å². The van der Waals surface area contributed by atoms with E-state index >= 15 is 0 Å². The highest BCUT2D eigenvalue weighted by Gasteiger charge is 2.41. The minimum Gasteiger partial charge on any atom is -0.309 e. The Morgan fingerprint density at radius 2 is 0.862 bits per heavy atom. The van der Waals surface area contributed by atoms with Crippen molar-refractivity contribution in [3.8, 4) is 11.4 Å². The minimum absolute atomic E-state index is 1.16.